The van der Waals surface area contributed by atoms with Crippen LogP contribution in [0.15, 0.2) is 157 Å². The predicted octanol–water partition coefficient (Wildman–Crippen LogP) is 14.2. The highest BCUT2D eigenvalue weighted by Crippen LogP contribution is 2.47. The molecule has 9 aliphatic rings. The molecule has 19 rings (SSSR count). The lowest BCUT2D eigenvalue weighted by atomic mass is 9.89. The Balaban J connectivity index is 0.576. The molecule has 704 valence electrons. The number of aromatic nitrogens is 8. The van der Waals surface area contributed by atoms with E-state index in [1.54, 1.807) is 6.20 Å². The summed E-state index contributed by atoms with van der Waals surface area (Å²) < 4.78 is 70.2. The number of benzene rings is 5. The number of anilines is 6. The first-order chi connectivity index (χ1) is 66.1. The Kier molecular flexibility index (Phi) is 27.6. The molecular formula is C102H110BrClF3N23O6. The van der Waals surface area contributed by atoms with Crippen LogP contribution in [0.2, 0.25) is 5.15 Å². The molecule has 0 radical (unpaired) electrons. The van der Waals surface area contributed by atoms with Crippen LogP contribution in [-0.4, -0.2) is 263 Å². The molecule has 6 fully saturated rings. The summed E-state index contributed by atoms with van der Waals surface area (Å²) >= 11 is 11.1. The number of piperazine rings is 3. The van der Waals surface area contributed by atoms with Gasteiger partial charge in [0.1, 0.15) is 54.1 Å². The van der Waals surface area contributed by atoms with Crippen LogP contribution >= 0.6 is 27.5 Å². The number of pyridine rings is 2. The summed E-state index contributed by atoms with van der Waals surface area (Å²) in [5.41, 5.74) is 12.0. The van der Waals surface area contributed by atoms with Crippen molar-refractivity contribution in [2.75, 3.05) is 175 Å². The zero-order valence-electron chi connectivity index (χ0n) is 76.9. The first-order valence-electron chi connectivity index (χ1n) is 47.1. The van der Waals surface area contributed by atoms with E-state index in [9.17, 15) is 38.5 Å². The zero-order valence-corrected chi connectivity index (χ0v) is 79.2. The molecule has 34 heteroatoms. The van der Waals surface area contributed by atoms with Gasteiger partial charge in [0.05, 0.1) is 99.6 Å². The number of ether oxygens (including phenoxy) is 4. The second-order valence-corrected chi connectivity index (χ2v) is 38.6. The number of nitriles is 3. The number of hydrogen-bond donors (Lipinski definition) is 0. The van der Waals surface area contributed by atoms with Crippen molar-refractivity contribution in [2.45, 2.75) is 145 Å². The maximum Gasteiger partial charge on any atom is 0.318 e. The van der Waals surface area contributed by atoms with Gasteiger partial charge in [-0.15, -0.1) is 0 Å². The van der Waals surface area contributed by atoms with Gasteiger partial charge in [0.2, 0.25) is 0 Å². The lowest BCUT2D eigenvalue weighted by Gasteiger charge is -2.42. The Morgan fingerprint density at radius 1 is 0.507 bits per heavy atom. The SMILES string of the molecule is C=C(F)COCN1CCN(c2nc(OC[C@@H]3CC(c4cc(N5CCc6c(nc(OC[C@@H]7CC(c8ccc(N9CCc%10c(nc(OC[C@@H]%11CCCN%11Cc%11ccccc%11)nc%10N%10CCN(C(=O)C(=C)F)[C@@H](CC#N)C%10)C9)c9c(C)cccc89)CN7C)nc6N6CCN(C(=O)C(=C)F)[C@@H](CC#N)C6)C5)c5c(Cl)nccc5c4)CN3C)nc3c2CCN(c2nccc4cccc(Br)c24)C3)C[C@@H]1CC#N. The molecule has 0 saturated carbocycles. The Morgan fingerprint density at radius 2 is 1.04 bits per heavy atom. The molecule has 0 bridgehead atoms. The van der Waals surface area contributed by atoms with Crippen molar-refractivity contribution in [3.63, 3.8) is 0 Å². The third-order valence-corrected chi connectivity index (χ3v) is 30.0. The number of amides is 2. The van der Waals surface area contributed by atoms with Crippen molar-refractivity contribution >= 4 is 106 Å². The van der Waals surface area contributed by atoms with Gasteiger partial charge in [-0.3, -0.25) is 29.2 Å². The summed E-state index contributed by atoms with van der Waals surface area (Å²) in [7, 11) is 4.26. The molecule has 0 aliphatic carbocycles. The molecule has 0 spiro atoms. The molecule has 5 aromatic carbocycles. The fourth-order valence-electron chi connectivity index (χ4n) is 22.1. The molecule has 2 unspecified atom stereocenters. The van der Waals surface area contributed by atoms with Gasteiger partial charge in [0.25, 0.3) is 11.8 Å². The van der Waals surface area contributed by atoms with E-state index >= 15 is 0 Å². The number of likely N-dealkylation sites (tertiary alicyclic amines) is 3. The van der Waals surface area contributed by atoms with Crippen LogP contribution in [0.3, 0.4) is 0 Å². The summed E-state index contributed by atoms with van der Waals surface area (Å²) in [5, 5.41) is 36.8. The minimum atomic E-state index is -1.08. The normalized spacial score (nSPS) is 21.7. The van der Waals surface area contributed by atoms with E-state index in [2.05, 4.69) is 202 Å². The topological polar surface area (TPSA) is 284 Å². The second-order valence-electron chi connectivity index (χ2n) is 37.4. The first kappa shape index (κ1) is 92.7. The van der Waals surface area contributed by atoms with E-state index in [1.165, 1.54) is 20.9 Å². The zero-order chi connectivity index (χ0) is 94.1. The van der Waals surface area contributed by atoms with Crippen LogP contribution in [0.4, 0.5) is 47.8 Å². The van der Waals surface area contributed by atoms with Crippen LogP contribution in [0.1, 0.15) is 113 Å². The van der Waals surface area contributed by atoms with E-state index in [-0.39, 0.29) is 119 Å². The summed E-state index contributed by atoms with van der Waals surface area (Å²) in [6.07, 6.45) is 9.08. The third-order valence-electron chi connectivity index (χ3n) is 29.0. The molecule has 136 heavy (non-hydrogen) atoms. The van der Waals surface area contributed by atoms with Gasteiger partial charge >= 0.3 is 18.0 Å². The first-order valence-corrected chi connectivity index (χ1v) is 48.2. The molecule has 14 heterocycles. The maximum absolute atomic E-state index is 14.8. The van der Waals surface area contributed by atoms with Crippen molar-refractivity contribution in [2.24, 2.45) is 0 Å². The molecule has 5 aromatic heterocycles. The Hall–Kier alpha value is -12.4. The molecule has 10 aromatic rings. The van der Waals surface area contributed by atoms with Gasteiger partial charge in [-0.2, -0.15) is 45.7 Å². The van der Waals surface area contributed by atoms with Gasteiger partial charge in [0.15, 0.2) is 11.7 Å². The minimum absolute atomic E-state index is 0.00893. The van der Waals surface area contributed by atoms with Crippen molar-refractivity contribution < 1.29 is 41.7 Å². The number of rotatable bonds is 28. The van der Waals surface area contributed by atoms with Crippen LogP contribution in [0, 0.1) is 40.9 Å². The second kappa shape index (κ2) is 40.5. The summed E-state index contributed by atoms with van der Waals surface area (Å²) in [5.74, 6) is -1.22. The number of halogens is 5. The fourth-order valence-corrected chi connectivity index (χ4v) is 22.9. The Labute approximate surface area is 803 Å². The van der Waals surface area contributed by atoms with E-state index < -0.39 is 41.4 Å². The van der Waals surface area contributed by atoms with E-state index in [0.29, 0.717) is 121 Å². The lowest BCUT2D eigenvalue weighted by Crippen LogP contribution is -2.55. The van der Waals surface area contributed by atoms with Crippen molar-refractivity contribution in [3.05, 3.63) is 218 Å². The van der Waals surface area contributed by atoms with E-state index in [0.717, 1.165) is 157 Å². The highest BCUT2D eigenvalue weighted by Gasteiger charge is 2.43. The van der Waals surface area contributed by atoms with Crippen LogP contribution < -0.4 is 43.6 Å². The molecule has 6 saturated heterocycles. The van der Waals surface area contributed by atoms with Crippen LogP contribution in [0.25, 0.3) is 32.3 Å². The average Bonchev–Trinajstić information content (AvgIpc) is 1.33. The maximum atomic E-state index is 14.8. The summed E-state index contributed by atoms with van der Waals surface area (Å²) in [4.78, 5) is 93.2. The fraction of sp³-hybridized carbons (Fsp3) is 0.441. The van der Waals surface area contributed by atoms with E-state index in [1.807, 2.05) is 36.5 Å². The van der Waals surface area contributed by atoms with Crippen molar-refractivity contribution in [1.29, 1.82) is 15.8 Å². The van der Waals surface area contributed by atoms with Gasteiger partial charge in [-0.25, -0.2) is 23.1 Å². The van der Waals surface area contributed by atoms with Crippen LogP contribution in [-0.2, 0) is 59.8 Å². The molecule has 2 amide bonds. The van der Waals surface area contributed by atoms with Crippen LogP contribution in [0.5, 0.6) is 18.0 Å². The predicted molar refractivity (Wildman–Crippen MR) is 520 cm³/mol. The standard InChI is InChI=1S/C102H110BrClF3N23O6/c1-63-13-10-18-80-79(20-21-88(90(63)80)122-36-27-81-85(55-122)113-100(134-59-76-17-12-35-121(76)49-67-14-8-7-9-15-67)117-95(81)126-41-43-129(98(131)65(3)106)74(53-126)23-31-109)72-47-78(120(6)51-72)61-136-101-114-86-56-123(37-28-82(86)96(118-101)127-42-44-130(99(132)66(4)107)75(54-127)24-32-110)89-48-70(45-69-26-33-111-93(104)92(69)89)71-46-77(119(5)50-71)60-135-102-115-87-57-124(97-91-68(25-34-112-97)16-11-19-84(91)103)38-29-83(87)94(116-102)125-39-40-128(62-133-58-64(2)105)73(52-125)22-30-108/h7-11,13-16,18-21,25-26,33-34,45,48,71-78H,2-4,12,17,22-24,27-29,35-44,46-47,49-62H2,1,5-6H3/t71?,72?,73-,74-,75-,76-,77-,78-/m0/s1. The highest BCUT2D eigenvalue weighted by atomic mass is 79.9. The molecular weight excluding hydrogens is 1820 g/mol. The molecule has 0 N–H and O–H groups in total. The average molecular weight is 1930 g/mol. The number of likely N-dealkylation sites (N-methyl/N-ethyl adjacent to an activating group) is 2. The summed E-state index contributed by atoms with van der Waals surface area (Å²) in [6.45, 7) is 22.5. The van der Waals surface area contributed by atoms with E-state index in [4.69, 9.17) is 65.4 Å². The van der Waals surface area contributed by atoms with Gasteiger partial charge in [-0.1, -0.05) is 120 Å². The number of fused-ring (bicyclic) bond motifs is 6. The quantitative estimate of drug-likeness (QED) is 0.0325. The number of aryl methyl sites for hydroxylation is 1. The number of nitrogens with zero attached hydrogens (tertiary/aromatic N) is 23. The molecule has 9 aliphatic heterocycles. The Bertz CT molecular complexity index is 6400. The number of hydrogen-bond acceptors (Lipinski definition) is 27. The number of carbonyl (C=O) groups is 2. The smallest absolute Gasteiger partial charge is 0.318 e. The minimum Gasteiger partial charge on any atom is -0.462 e. The monoisotopic (exact) mass is 1920 g/mol. The Morgan fingerprint density at radius 3 is 1.65 bits per heavy atom. The van der Waals surface area contributed by atoms with Gasteiger partial charge < -0.3 is 58.1 Å². The van der Waals surface area contributed by atoms with Crippen molar-refractivity contribution in [1.82, 2.24) is 69.3 Å². The van der Waals surface area contributed by atoms with Gasteiger partial charge in [0, 0.05) is 183 Å². The largest absolute Gasteiger partial charge is 0.462 e. The lowest BCUT2D eigenvalue weighted by molar-refractivity contribution is -0.132. The highest BCUT2D eigenvalue weighted by molar-refractivity contribution is 9.10. The van der Waals surface area contributed by atoms with Crippen molar-refractivity contribution in [3.8, 4) is 36.2 Å². The molecule has 29 nitrogen and oxygen atoms in total. The third kappa shape index (κ3) is 19.3. The molecule has 8 atom stereocenters. The number of carbonyl (C=O) groups excluding carboxylic acids is 2. The summed E-state index contributed by atoms with van der Waals surface area (Å²) in [6, 6.07) is 42.4. The van der Waals surface area contributed by atoms with Gasteiger partial charge in [-0.05, 0) is 153 Å².